The minimum Gasteiger partial charge on any atom is -0.369 e. The number of hydrogen-bond donors (Lipinski definition) is 1. The summed E-state index contributed by atoms with van der Waals surface area (Å²) < 4.78 is 15.6. The smallest absolute Gasteiger partial charge is 0.205 e. The number of benzene rings is 2. The summed E-state index contributed by atoms with van der Waals surface area (Å²) in [5.41, 5.74) is 8.51. The Hall–Kier alpha value is -1.30. The summed E-state index contributed by atoms with van der Waals surface area (Å²) in [6, 6.07) is 6.39. The van der Waals surface area contributed by atoms with Gasteiger partial charge in [0.25, 0.3) is 0 Å². The maximum absolute atomic E-state index is 13.6. The van der Waals surface area contributed by atoms with Gasteiger partial charge in [-0.15, -0.1) is 0 Å². The van der Waals surface area contributed by atoms with Crippen LogP contribution in [0.3, 0.4) is 0 Å². The van der Waals surface area contributed by atoms with Gasteiger partial charge in [0.15, 0.2) is 0 Å². The summed E-state index contributed by atoms with van der Waals surface area (Å²) in [7, 11) is 0. The van der Waals surface area contributed by atoms with Crippen LogP contribution in [0.1, 0.15) is 5.56 Å². The number of anilines is 1. The van der Waals surface area contributed by atoms with Crippen molar-refractivity contribution in [1.29, 1.82) is 0 Å². The molecule has 1 aromatic heterocycles. The van der Waals surface area contributed by atoms with Gasteiger partial charge in [-0.2, -0.15) is 0 Å². The highest BCUT2D eigenvalue weighted by atomic mass is 79.9. The molecule has 0 aliphatic heterocycles. The number of fused-ring (bicyclic) bond motifs is 1. The quantitative estimate of drug-likeness (QED) is 0.628. The van der Waals surface area contributed by atoms with Gasteiger partial charge in [-0.3, -0.25) is 4.57 Å². The van der Waals surface area contributed by atoms with Crippen LogP contribution in [0, 0.1) is 12.7 Å². The minimum absolute atomic E-state index is 0.212. The van der Waals surface area contributed by atoms with Crippen molar-refractivity contribution in [2.75, 3.05) is 5.73 Å². The van der Waals surface area contributed by atoms with E-state index in [1.54, 1.807) is 22.8 Å². The molecular formula is C14H9BrCl2FN3. The Morgan fingerprint density at radius 3 is 2.62 bits per heavy atom. The lowest BCUT2D eigenvalue weighted by Gasteiger charge is -2.11. The average Bonchev–Trinajstić information content (AvgIpc) is 2.70. The number of nitrogen functional groups attached to an aromatic ring is 1. The zero-order valence-electron chi connectivity index (χ0n) is 10.8. The fourth-order valence-corrected chi connectivity index (χ4v) is 2.94. The molecule has 2 N–H and O–H groups in total. The van der Waals surface area contributed by atoms with Gasteiger partial charge in [0.1, 0.15) is 5.82 Å². The van der Waals surface area contributed by atoms with Crippen LogP contribution in [0.5, 0.6) is 0 Å². The Balaban J connectivity index is 2.37. The fraction of sp³-hybridized carbons (Fsp3) is 0.0714. The van der Waals surface area contributed by atoms with E-state index in [9.17, 15) is 4.39 Å². The first-order valence-electron chi connectivity index (χ1n) is 5.97. The normalized spacial score (nSPS) is 11.3. The molecule has 7 heteroatoms. The Bertz CT molecular complexity index is 877. The first-order chi connectivity index (χ1) is 9.88. The molecule has 0 radical (unpaired) electrons. The summed E-state index contributed by atoms with van der Waals surface area (Å²) in [4.78, 5) is 4.16. The van der Waals surface area contributed by atoms with Gasteiger partial charge in [-0.25, -0.2) is 9.37 Å². The number of aromatic nitrogens is 2. The second kappa shape index (κ2) is 5.16. The Morgan fingerprint density at radius 1 is 1.19 bits per heavy atom. The molecule has 3 nitrogen and oxygen atoms in total. The Labute approximate surface area is 138 Å². The van der Waals surface area contributed by atoms with Crippen molar-refractivity contribution in [1.82, 2.24) is 9.55 Å². The van der Waals surface area contributed by atoms with Crippen LogP contribution in [0.25, 0.3) is 16.7 Å². The summed E-state index contributed by atoms with van der Waals surface area (Å²) in [6.45, 7) is 1.86. The van der Waals surface area contributed by atoms with Crippen molar-refractivity contribution >= 4 is 56.1 Å². The lowest BCUT2D eigenvalue weighted by molar-refractivity contribution is 0.623. The van der Waals surface area contributed by atoms with Gasteiger partial charge in [-0.05, 0) is 46.6 Å². The molecule has 0 saturated heterocycles. The van der Waals surface area contributed by atoms with Gasteiger partial charge in [0.2, 0.25) is 5.95 Å². The summed E-state index contributed by atoms with van der Waals surface area (Å²) in [5.74, 6) is -0.190. The van der Waals surface area contributed by atoms with Gasteiger partial charge >= 0.3 is 0 Å². The zero-order chi connectivity index (χ0) is 15.3. The first-order valence-corrected chi connectivity index (χ1v) is 7.52. The van der Waals surface area contributed by atoms with E-state index in [0.29, 0.717) is 31.2 Å². The monoisotopic (exact) mass is 387 g/mol. The molecule has 0 bridgehead atoms. The third-order valence-electron chi connectivity index (χ3n) is 3.19. The molecule has 0 aliphatic carbocycles. The molecule has 3 aromatic rings. The maximum atomic E-state index is 13.6. The molecular weight excluding hydrogens is 380 g/mol. The SMILES string of the molecule is Cc1cc(Cl)c(-n2c(N)nc3cc(F)c(Br)cc32)cc1Cl. The van der Waals surface area contributed by atoms with Crippen LogP contribution in [-0.2, 0) is 0 Å². The lowest BCUT2D eigenvalue weighted by atomic mass is 10.2. The molecule has 0 fully saturated rings. The second-order valence-electron chi connectivity index (χ2n) is 4.61. The minimum atomic E-state index is -0.403. The molecule has 0 saturated carbocycles. The molecule has 21 heavy (non-hydrogen) atoms. The number of imidazole rings is 1. The Kier molecular flexibility index (Phi) is 3.59. The number of aryl methyl sites for hydroxylation is 1. The van der Waals surface area contributed by atoms with Crippen LogP contribution in [-0.4, -0.2) is 9.55 Å². The predicted octanol–water partition coefficient (Wildman–Crippen LogP) is 5.12. The standard InChI is InChI=1S/C14H9BrCl2FN3/c1-6-2-9(17)12(4-8(6)16)21-13-3-7(15)10(18)5-11(13)20-14(21)19/h2-5H,1H3,(H2,19,20). The van der Waals surface area contributed by atoms with Crippen LogP contribution in [0.15, 0.2) is 28.7 Å². The average molecular weight is 389 g/mol. The third-order valence-corrected chi connectivity index (χ3v) is 4.51. The highest BCUT2D eigenvalue weighted by molar-refractivity contribution is 9.10. The highest BCUT2D eigenvalue weighted by Crippen LogP contribution is 2.33. The van der Waals surface area contributed by atoms with Gasteiger partial charge < -0.3 is 5.73 Å². The van der Waals surface area contributed by atoms with Crippen molar-refractivity contribution in [3.05, 3.63) is 50.2 Å². The van der Waals surface area contributed by atoms with E-state index in [1.165, 1.54) is 6.07 Å². The molecule has 3 rings (SSSR count). The highest BCUT2D eigenvalue weighted by Gasteiger charge is 2.16. The third kappa shape index (κ3) is 2.39. The van der Waals surface area contributed by atoms with E-state index in [1.807, 2.05) is 6.92 Å². The summed E-state index contributed by atoms with van der Waals surface area (Å²) in [6.07, 6.45) is 0. The molecule has 0 amide bonds. The van der Waals surface area contributed by atoms with Crippen molar-refractivity contribution in [2.45, 2.75) is 6.92 Å². The first kappa shape index (κ1) is 14.6. The lowest BCUT2D eigenvalue weighted by Crippen LogP contribution is -2.02. The van der Waals surface area contributed by atoms with E-state index in [4.69, 9.17) is 28.9 Å². The van der Waals surface area contributed by atoms with E-state index in [0.717, 1.165) is 5.56 Å². The van der Waals surface area contributed by atoms with Crippen LogP contribution < -0.4 is 5.73 Å². The largest absolute Gasteiger partial charge is 0.369 e. The number of nitrogens with two attached hydrogens (primary N) is 1. The van der Waals surface area contributed by atoms with Crippen molar-refractivity contribution in [3.8, 4) is 5.69 Å². The van der Waals surface area contributed by atoms with Crippen molar-refractivity contribution in [3.63, 3.8) is 0 Å². The van der Waals surface area contributed by atoms with Crippen LogP contribution in [0.4, 0.5) is 10.3 Å². The molecule has 0 atom stereocenters. The number of nitrogens with zero attached hydrogens (tertiary/aromatic N) is 2. The van der Waals surface area contributed by atoms with Crippen molar-refractivity contribution in [2.24, 2.45) is 0 Å². The molecule has 1 heterocycles. The molecule has 2 aromatic carbocycles. The van der Waals surface area contributed by atoms with Crippen LogP contribution in [0.2, 0.25) is 10.0 Å². The van der Waals surface area contributed by atoms with Gasteiger partial charge in [-0.1, -0.05) is 23.2 Å². The second-order valence-corrected chi connectivity index (χ2v) is 6.28. The van der Waals surface area contributed by atoms with E-state index >= 15 is 0 Å². The zero-order valence-corrected chi connectivity index (χ0v) is 13.9. The van der Waals surface area contributed by atoms with E-state index in [-0.39, 0.29) is 5.95 Å². The summed E-state index contributed by atoms with van der Waals surface area (Å²) >= 11 is 15.6. The summed E-state index contributed by atoms with van der Waals surface area (Å²) in [5, 5.41) is 1.06. The number of halogens is 4. The molecule has 0 unspecified atom stereocenters. The predicted molar refractivity (Wildman–Crippen MR) is 87.9 cm³/mol. The van der Waals surface area contributed by atoms with Gasteiger partial charge in [0.05, 0.1) is 26.2 Å². The number of hydrogen-bond acceptors (Lipinski definition) is 2. The van der Waals surface area contributed by atoms with Crippen molar-refractivity contribution < 1.29 is 4.39 Å². The maximum Gasteiger partial charge on any atom is 0.205 e. The number of rotatable bonds is 1. The molecule has 0 aliphatic rings. The topological polar surface area (TPSA) is 43.8 Å². The van der Waals surface area contributed by atoms with Crippen LogP contribution >= 0.6 is 39.1 Å². The Morgan fingerprint density at radius 2 is 1.90 bits per heavy atom. The molecule has 0 spiro atoms. The molecule has 108 valence electrons. The fourth-order valence-electron chi connectivity index (χ4n) is 2.15. The van der Waals surface area contributed by atoms with Gasteiger partial charge in [0, 0.05) is 11.1 Å². The van der Waals surface area contributed by atoms with E-state index in [2.05, 4.69) is 20.9 Å². The van der Waals surface area contributed by atoms with E-state index < -0.39 is 5.82 Å².